The number of ether oxygens (including phenoxy) is 2. The van der Waals surface area contributed by atoms with Gasteiger partial charge in [-0.25, -0.2) is 9.59 Å². The number of carbonyl (C=O) groups is 2. The molecule has 0 aromatic carbocycles. The fourth-order valence-corrected chi connectivity index (χ4v) is 0.986. The molecule has 0 saturated heterocycles. The van der Waals surface area contributed by atoms with Crippen molar-refractivity contribution in [2.75, 3.05) is 14.2 Å². The maximum atomic E-state index is 11.0. The van der Waals surface area contributed by atoms with Crippen LogP contribution in [0.25, 0.3) is 0 Å². The molecule has 0 heterocycles. The molecule has 0 aliphatic carbocycles. The van der Waals surface area contributed by atoms with Crippen LogP contribution in [0.4, 0.5) is 0 Å². The maximum Gasteiger partial charge on any atom is 0.333 e. The summed E-state index contributed by atoms with van der Waals surface area (Å²) >= 11 is 0. The van der Waals surface area contributed by atoms with Gasteiger partial charge in [-0.1, -0.05) is 36.5 Å². The molecule has 0 aliphatic heterocycles. The van der Waals surface area contributed by atoms with E-state index >= 15 is 0 Å². The second-order valence-corrected chi connectivity index (χ2v) is 3.45. The van der Waals surface area contributed by atoms with Crippen LogP contribution in [0.1, 0.15) is 13.8 Å². The third-order valence-electron chi connectivity index (χ3n) is 2.04. The van der Waals surface area contributed by atoms with Crippen molar-refractivity contribution in [3.63, 3.8) is 0 Å². The largest absolute Gasteiger partial charge is 0.466 e. The van der Waals surface area contributed by atoms with Gasteiger partial charge in [0.05, 0.1) is 14.2 Å². The van der Waals surface area contributed by atoms with Gasteiger partial charge in [-0.2, -0.15) is 0 Å². The number of methoxy groups -OCH3 is 2. The van der Waals surface area contributed by atoms with E-state index in [1.54, 1.807) is 50.3 Å². The number of hydrogen-bond donors (Lipinski definition) is 0. The van der Waals surface area contributed by atoms with Crippen molar-refractivity contribution >= 4 is 11.9 Å². The topological polar surface area (TPSA) is 52.6 Å². The molecule has 0 aromatic rings. The lowest BCUT2D eigenvalue weighted by Gasteiger charge is -1.95. The number of hydrogen-bond acceptors (Lipinski definition) is 4. The number of allylic oxidation sites excluding steroid dienone is 6. The second kappa shape index (κ2) is 8.98. The third-order valence-corrected chi connectivity index (χ3v) is 2.04. The summed E-state index contributed by atoms with van der Waals surface area (Å²) in [6.45, 7) is 3.34. The smallest absolute Gasteiger partial charge is 0.333 e. The molecule has 0 aromatic heterocycles. The van der Waals surface area contributed by atoms with Gasteiger partial charge in [0.15, 0.2) is 0 Å². The monoisotopic (exact) mass is 250 g/mol. The minimum Gasteiger partial charge on any atom is -0.466 e. The van der Waals surface area contributed by atoms with Gasteiger partial charge >= 0.3 is 11.9 Å². The van der Waals surface area contributed by atoms with Gasteiger partial charge in [0.1, 0.15) is 0 Å². The van der Waals surface area contributed by atoms with E-state index in [1.165, 1.54) is 14.2 Å². The molecule has 98 valence electrons. The van der Waals surface area contributed by atoms with Crippen molar-refractivity contribution < 1.29 is 19.1 Å². The van der Waals surface area contributed by atoms with E-state index in [2.05, 4.69) is 9.47 Å². The zero-order valence-electron chi connectivity index (χ0n) is 11.1. The van der Waals surface area contributed by atoms with Crippen molar-refractivity contribution in [3.8, 4) is 0 Å². The fraction of sp³-hybridized carbons (Fsp3) is 0.286. The summed E-state index contributed by atoms with van der Waals surface area (Å²) in [5, 5.41) is 0. The van der Waals surface area contributed by atoms with Crippen LogP contribution in [0, 0.1) is 0 Å². The highest BCUT2D eigenvalue weighted by Gasteiger charge is 2.00. The molecule has 0 rings (SSSR count). The van der Waals surface area contributed by atoms with E-state index in [9.17, 15) is 9.59 Å². The molecule has 0 unspecified atom stereocenters. The molecule has 0 amide bonds. The highest BCUT2D eigenvalue weighted by Crippen LogP contribution is 1.97. The fourth-order valence-electron chi connectivity index (χ4n) is 0.986. The van der Waals surface area contributed by atoms with E-state index in [4.69, 9.17) is 0 Å². The molecule has 0 saturated carbocycles. The molecule has 0 radical (unpaired) electrons. The molecule has 0 N–H and O–H groups in total. The Morgan fingerprint density at radius 3 is 1.33 bits per heavy atom. The molecule has 0 bridgehead atoms. The summed E-state index contributed by atoms with van der Waals surface area (Å²) in [5.41, 5.74) is 1.03. The summed E-state index contributed by atoms with van der Waals surface area (Å²) in [4.78, 5) is 22.1. The number of carbonyl (C=O) groups excluding carboxylic acids is 2. The number of esters is 2. The van der Waals surface area contributed by atoms with Crippen molar-refractivity contribution in [2.24, 2.45) is 0 Å². The van der Waals surface area contributed by atoms with Crippen LogP contribution in [-0.4, -0.2) is 26.2 Å². The average Bonchev–Trinajstić information content (AvgIpc) is 2.39. The van der Waals surface area contributed by atoms with Crippen LogP contribution in [0.2, 0.25) is 0 Å². The first-order valence-corrected chi connectivity index (χ1v) is 5.38. The van der Waals surface area contributed by atoms with Gasteiger partial charge in [-0.3, -0.25) is 0 Å². The van der Waals surface area contributed by atoms with Gasteiger partial charge in [0, 0.05) is 11.1 Å². The maximum absolute atomic E-state index is 11.0. The quantitative estimate of drug-likeness (QED) is 0.427. The lowest BCUT2D eigenvalue weighted by Crippen LogP contribution is -2.00. The molecule has 0 fully saturated rings. The van der Waals surface area contributed by atoms with Gasteiger partial charge in [0.25, 0.3) is 0 Å². The highest BCUT2D eigenvalue weighted by atomic mass is 16.5. The summed E-state index contributed by atoms with van der Waals surface area (Å²) < 4.78 is 9.08. The van der Waals surface area contributed by atoms with Crippen LogP contribution < -0.4 is 0 Å². The molecule has 0 atom stereocenters. The van der Waals surface area contributed by atoms with Crippen LogP contribution in [-0.2, 0) is 19.1 Å². The Hall–Kier alpha value is -2.10. The molecular weight excluding hydrogens is 232 g/mol. The molecule has 18 heavy (non-hydrogen) atoms. The van der Waals surface area contributed by atoms with Crippen LogP contribution in [0.3, 0.4) is 0 Å². The Morgan fingerprint density at radius 2 is 1.06 bits per heavy atom. The normalized spacial score (nSPS) is 13.1. The highest BCUT2D eigenvalue weighted by molar-refractivity contribution is 5.88. The van der Waals surface area contributed by atoms with E-state index in [1.807, 2.05) is 0 Å². The molecule has 4 heteroatoms. The van der Waals surface area contributed by atoms with Crippen molar-refractivity contribution in [1.82, 2.24) is 0 Å². The van der Waals surface area contributed by atoms with Crippen molar-refractivity contribution in [2.45, 2.75) is 13.8 Å². The van der Waals surface area contributed by atoms with E-state index < -0.39 is 0 Å². The SMILES string of the molecule is COC(=O)\C(C)=C/C=C/C=C/C=C(/C)C(=O)OC. The van der Waals surface area contributed by atoms with Gasteiger partial charge in [-0.05, 0) is 13.8 Å². The zero-order valence-corrected chi connectivity index (χ0v) is 11.1. The average molecular weight is 250 g/mol. The summed E-state index contributed by atoms with van der Waals surface area (Å²) in [5.74, 6) is -0.713. The number of rotatable bonds is 5. The Labute approximate surface area is 107 Å². The Kier molecular flexibility index (Phi) is 7.94. The lowest BCUT2D eigenvalue weighted by molar-refractivity contribution is -0.136. The molecular formula is C14H18O4. The minimum atomic E-state index is -0.356. The first-order chi connectivity index (χ1) is 8.52. The Morgan fingerprint density at radius 1 is 0.722 bits per heavy atom. The van der Waals surface area contributed by atoms with Gasteiger partial charge in [0.2, 0.25) is 0 Å². The van der Waals surface area contributed by atoms with Crippen molar-refractivity contribution in [1.29, 1.82) is 0 Å². The predicted molar refractivity (Wildman–Crippen MR) is 69.8 cm³/mol. The lowest BCUT2D eigenvalue weighted by atomic mass is 10.2. The first-order valence-electron chi connectivity index (χ1n) is 5.38. The Balaban J connectivity index is 4.34. The zero-order chi connectivity index (χ0) is 14.0. The van der Waals surface area contributed by atoms with E-state index in [-0.39, 0.29) is 11.9 Å². The molecule has 0 aliphatic rings. The first kappa shape index (κ1) is 15.9. The van der Waals surface area contributed by atoms with Crippen LogP contribution >= 0.6 is 0 Å². The van der Waals surface area contributed by atoms with Crippen LogP contribution in [0.5, 0.6) is 0 Å². The molecule has 4 nitrogen and oxygen atoms in total. The summed E-state index contributed by atoms with van der Waals surface area (Å²) in [6.07, 6.45) is 10.2. The standard InChI is InChI=1S/C14H18O4/c1-11(13(15)17-3)9-7-5-6-8-10-12(2)14(16)18-4/h5-10H,1-4H3/b7-5+,8-6+,11-9-,12-10-. The van der Waals surface area contributed by atoms with E-state index in [0.29, 0.717) is 11.1 Å². The summed E-state index contributed by atoms with van der Waals surface area (Å²) in [6, 6.07) is 0. The summed E-state index contributed by atoms with van der Waals surface area (Å²) in [7, 11) is 2.67. The van der Waals surface area contributed by atoms with E-state index in [0.717, 1.165) is 0 Å². The molecule has 0 spiro atoms. The van der Waals surface area contributed by atoms with Crippen molar-refractivity contribution in [3.05, 3.63) is 47.6 Å². The second-order valence-electron chi connectivity index (χ2n) is 3.45. The van der Waals surface area contributed by atoms with Gasteiger partial charge < -0.3 is 9.47 Å². The third kappa shape index (κ3) is 6.48. The Bertz CT molecular complexity index is 372. The minimum absolute atomic E-state index is 0.356. The van der Waals surface area contributed by atoms with Crippen LogP contribution in [0.15, 0.2) is 47.6 Å². The van der Waals surface area contributed by atoms with Gasteiger partial charge in [-0.15, -0.1) is 0 Å². The predicted octanol–water partition coefficient (Wildman–Crippen LogP) is 2.34.